The number of halogens is 2. The fraction of sp³-hybridized carbons (Fsp3) is 0.348. The Morgan fingerprint density at radius 1 is 1.19 bits per heavy atom. The van der Waals surface area contributed by atoms with Crippen molar-refractivity contribution in [2.75, 3.05) is 13.5 Å². The molecule has 42 heavy (non-hydrogen) atoms. The quantitative estimate of drug-likeness (QED) is 0.241. The van der Waals surface area contributed by atoms with Crippen molar-refractivity contribution >= 4 is 36.7 Å². The Labute approximate surface area is 246 Å². The van der Waals surface area contributed by atoms with E-state index in [0.717, 1.165) is 4.68 Å². The molecule has 2 aromatic heterocycles. The SMILES string of the molecule is COCP(=O)(N[C@@H](C)C(=O)O)OCn1nc(Oc2c(Cl)cc(-n3nc(C#N)c(=O)[nH]c3=O)cc2Cl)cc(C(C)C)c1=O. The molecule has 2 heterocycles. The van der Waals surface area contributed by atoms with E-state index in [4.69, 9.17) is 47.6 Å². The molecule has 0 radical (unpaired) electrons. The van der Waals surface area contributed by atoms with Gasteiger partial charge in [-0.1, -0.05) is 37.0 Å². The van der Waals surface area contributed by atoms with Gasteiger partial charge in [0.25, 0.3) is 18.6 Å². The standard InChI is InChI=1S/C23H24Cl2N7O9P/c1-11(2)14-7-18(29-31(21(14)34)9-40-42(38,10-39-4)30-12(3)22(35)36)41-19-15(24)5-13(6-16(19)25)32-23(37)27-20(33)17(8-26)28-32/h5-7,11-12H,9-10H2,1-4H3,(H,30,38)(H,35,36)(H,27,33,37)/t12-,42?/m0/s1. The summed E-state index contributed by atoms with van der Waals surface area (Å²) in [6.45, 7) is 4.06. The third-order valence-corrected chi connectivity index (χ3v) is 7.89. The van der Waals surface area contributed by atoms with Crippen molar-refractivity contribution in [2.24, 2.45) is 0 Å². The molecule has 1 aromatic carbocycles. The van der Waals surface area contributed by atoms with Gasteiger partial charge in [-0.3, -0.25) is 28.5 Å². The maximum absolute atomic E-state index is 13.1. The van der Waals surface area contributed by atoms with Crippen LogP contribution in [0.2, 0.25) is 10.0 Å². The minimum Gasteiger partial charge on any atom is -0.480 e. The van der Waals surface area contributed by atoms with Crippen LogP contribution in [0.5, 0.6) is 11.6 Å². The molecular weight excluding hydrogens is 620 g/mol. The van der Waals surface area contributed by atoms with E-state index in [2.05, 4.69) is 15.3 Å². The number of nitriles is 1. The summed E-state index contributed by atoms with van der Waals surface area (Å²) < 4.78 is 30.8. The number of hydrogen-bond acceptors (Lipinski definition) is 11. The van der Waals surface area contributed by atoms with Crippen molar-refractivity contribution in [3.8, 4) is 23.4 Å². The summed E-state index contributed by atoms with van der Waals surface area (Å²) in [6, 6.07) is 4.12. The number of carboxylic acid groups (broad SMARTS) is 1. The summed E-state index contributed by atoms with van der Waals surface area (Å²) in [4.78, 5) is 50.2. The predicted octanol–water partition coefficient (Wildman–Crippen LogP) is 2.41. The molecule has 0 amide bonds. The van der Waals surface area contributed by atoms with E-state index in [1.807, 2.05) is 4.98 Å². The van der Waals surface area contributed by atoms with E-state index >= 15 is 0 Å². The molecule has 1 unspecified atom stereocenters. The second-order valence-electron chi connectivity index (χ2n) is 8.91. The minimum absolute atomic E-state index is 0.00119. The van der Waals surface area contributed by atoms with Crippen LogP contribution in [-0.2, 0) is 25.4 Å². The molecule has 3 rings (SSSR count). The molecular formula is C23H24Cl2N7O9P. The van der Waals surface area contributed by atoms with Crippen LogP contribution in [0.4, 0.5) is 0 Å². The van der Waals surface area contributed by atoms with Crippen LogP contribution in [0.25, 0.3) is 5.69 Å². The summed E-state index contributed by atoms with van der Waals surface area (Å²) in [5.74, 6) is -1.91. The normalized spacial score (nSPS) is 13.4. The number of hydrogen-bond donors (Lipinski definition) is 3. The highest BCUT2D eigenvalue weighted by atomic mass is 35.5. The highest BCUT2D eigenvalue weighted by Crippen LogP contribution is 2.43. The molecule has 16 nitrogen and oxygen atoms in total. The first-order chi connectivity index (χ1) is 19.7. The lowest BCUT2D eigenvalue weighted by atomic mass is 10.1. The summed E-state index contributed by atoms with van der Waals surface area (Å²) in [6.07, 6.45) is -0.493. The van der Waals surface area contributed by atoms with E-state index in [-0.39, 0.29) is 38.8 Å². The van der Waals surface area contributed by atoms with Gasteiger partial charge >= 0.3 is 11.7 Å². The van der Waals surface area contributed by atoms with Crippen LogP contribution in [0, 0.1) is 11.3 Å². The number of nitrogens with zero attached hydrogens (tertiary/aromatic N) is 5. The molecule has 224 valence electrons. The Kier molecular flexibility index (Phi) is 10.4. The maximum atomic E-state index is 13.1. The first-order valence-corrected chi connectivity index (χ1v) is 14.4. The zero-order chi connectivity index (χ0) is 31.4. The molecule has 3 aromatic rings. The lowest BCUT2D eigenvalue weighted by molar-refractivity contribution is -0.138. The van der Waals surface area contributed by atoms with Gasteiger partial charge in [-0.2, -0.15) is 14.6 Å². The number of carbonyl (C=O) groups is 1. The number of aromatic amines is 1. The number of ether oxygens (including phenoxy) is 2. The van der Waals surface area contributed by atoms with Gasteiger partial charge in [-0.05, 0) is 25.0 Å². The van der Waals surface area contributed by atoms with Gasteiger partial charge in [0, 0.05) is 18.7 Å². The van der Waals surface area contributed by atoms with Crippen LogP contribution in [-0.4, -0.2) is 55.1 Å². The Morgan fingerprint density at radius 3 is 2.38 bits per heavy atom. The number of aromatic nitrogens is 5. The van der Waals surface area contributed by atoms with Gasteiger partial charge in [-0.15, -0.1) is 10.2 Å². The monoisotopic (exact) mass is 643 g/mol. The topological polar surface area (TPSA) is 221 Å². The number of rotatable bonds is 12. The predicted molar refractivity (Wildman–Crippen MR) is 149 cm³/mol. The summed E-state index contributed by atoms with van der Waals surface area (Å²) in [5.41, 5.74) is -2.85. The highest BCUT2D eigenvalue weighted by molar-refractivity contribution is 7.56. The number of nitrogens with one attached hydrogen (secondary N) is 2. The number of carboxylic acids is 1. The van der Waals surface area contributed by atoms with Gasteiger partial charge < -0.3 is 14.6 Å². The van der Waals surface area contributed by atoms with Crippen molar-refractivity contribution in [1.29, 1.82) is 5.26 Å². The first-order valence-electron chi connectivity index (χ1n) is 11.9. The smallest absolute Gasteiger partial charge is 0.349 e. The number of aliphatic carboxylic acids is 1. The van der Waals surface area contributed by atoms with Crippen LogP contribution < -0.4 is 26.6 Å². The number of H-pyrrole nitrogens is 1. The van der Waals surface area contributed by atoms with Crippen LogP contribution in [0.1, 0.15) is 37.9 Å². The average molecular weight is 644 g/mol. The fourth-order valence-corrected chi connectivity index (χ4v) is 5.50. The summed E-state index contributed by atoms with van der Waals surface area (Å²) in [7, 11) is -2.67. The largest absolute Gasteiger partial charge is 0.480 e. The first kappa shape index (κ1) is 32.7. The lowest BCUT2D eigenvalue weighted by Gasteiger charge is -2.21. The number of benzene rings is 1. The van der Waals surface area contributed by atoms with Crippen LogP contribution in [0.3, 0.4) is 0 Å². The molecule has 0 aliphatic rings. The van der Waals surface area contributed by atoms with E-state index in [1.165, 1.54) is 32.2 Å². The van der Waals surface area contributed by atoms with Gasteiger partial charge in [0.05, 0.1) is 15.7 Å². The molecule has 0 fully saturated rings. The second kappa shape index (κ2) is 13.4. The van der Waals surface area contributed by atoms with E-state index in [0.29, 0.717) is 4.68 Å². The van der Waals surface area contributed by atoms with Crippen molar-refractivity contribution in [3.05, 3.63) is 70.7 Å². The number of methoxy groups -OCH3 is 1. The highest BCUT2D eigenvalue weighted by Gasteiger charge is 2.29. The van der Waals surface area contributed by atoms with Gasteiger partial charge in [-0.25, -0.2) is 9.88 Å². The zero-order valence-corrected chi connectivity index (χ0v) is 24.9. The Morgan fingerprint density at radius 2 is 1.83 bits per heavy atom. The zero-order valence-electron chi connectivity index (χ0n) is 22.5. The van der Waals surface area contributed by atoms with Crippen molar-refractivity contribution in [2.45, 2.75) is 39.5 Å². The molecule has 0 saturated heterocycles. The minimum atomic E-state index is -3.91. The molecule has 3 N–H and O–H groups in total. The van der Waals surface area contributed by atoms with Gasteiger partial charge in [0.2, 0.25) is 11.6 Å². The molecule has 0 aliphatic heterocycles. The van der Waals surface area contributed by atoms with Crippen molar-refractivity contribution < 1.29 is 28.5 Å². The lowest BCUT2D eigenvalue weighted by Crippen LogP contribution is -2.34. The molecule has 0 spiro atoms. The van der Waals surface area contributed by atoms with E-state index in [1.54, 1.807) is 19.9 Å². The molecule has 19 heteroatoms. The van der Waals surface area contributed by atoms with E-state index in [9.17, 15) is 23.7 Å². The third kappa shape index (κ3) is 7.51. The van der Waals surface area contributed by atoms with Gasteiger partial charge in [0.15, 0.2) is 12.5 Å². The Hall–Kier alpha value is -3.84. The third-order valence-electron chi connectivity index (χ3n) is 5.42. The van der Waals surface area contributed by atoms with Crippen molar-refractivity contribution in [1.82, 2.24) is 29.6 Å². The Bertz CT molecular complexity index is 1760. The average Bonchev–Trinajstić information content (AvgIpc) is 2.90. The Balaban J connectivity index is 2.00. The molecule has 2 atom stereocenters. The molecule has 0 bridgehead atoms. The molecule has 0 saturated carbocycles. The fourth-order valence-electron chi connectivity index (χ4n) is 3.39. The van der Waals surface area contributed by atoms with Gasteiger partial charge in [0.1, 0.15) is 18.5 Å². The summed E-state index contributed by atoms with van der Waals surface area (Å²) >= 11 is 12.8. The van der Waals surface area contributed by atoms with E-state index < -0.39 is 55.1 Å². The molecule has 0 aliphatic carbocycles. The maximum Gasteiger partial charge on any atom is 0.349 e. The van der Waals surface area contributed by atoms with Crippen LogP contribution >= 0.6 is 30.7 Å². The second-order valence-corrected chi connectivity index (χ2v) is 11.8. The van der Waals surface area contributed by atoms with Crippen molar-refractivity contribution in [3.63, 3.8) is 0 Å². The van der Waals surface area contributed by atoms with Crippen LogP contribution in [0.15, 0.2) is 32.6 Å². The summed E-state index contributed by atoms with van der Waals surface area (Å²) in [5, 5.41) is 28.1.